The molecule has 0 aliphatic carbocycles. The number of nitrogens with one attached hydrogen (secondary N) is 1. The Bertz CT molecular complexity index is 1270. The highest BCUT2D eigenvalue weighted by molar-refractivity contribution is 9.10. The first kappa shape index (κ1) is 27.4. The van der Waals surface area contributed by atoms with Gasteiger partial charge in [0.15, 0.2) is 0 Å². The average Bonchev–Trinajstić information content (AvgIpc) is 3.29. The lowest BCUT2D eigenvalue weighted by Crippen LogP contribution is -2.68. The molecule has 0 spiro atoms. The zero-order valence-corrected chi connectivity index (χ0v) is 21.8. The summed E-state index contributed by atoms with van der Waals surface area (Å²) in [5, 5.41) is 54.0. The quantitative estimate of drug-likeness (QED) is 0.221. The lowest BCUT2D eigenvalue weighted by molar-refractivity contribution is -0.284. The molecule has 1 saturated heterocycles. The van der Waals surface area contributed by atoms with Gasteiger partial charge in [-0.1, -0.05) is 28.1 Å². The van der Waals surface area contributed by atoms with E-state index in [2.05, 4.69) is 26.2 Å². The summed E-state index contributed by atoms with van der Waals surface area (Å²) in [5.41, 5.74) is 1.19. The summed E-state index contributed by atoms with van der Waals surface area (Å²) in [6.45, 7) is 0.291. The Morgan fingerprint density at radius 2 is 2.03 bits per heavy atom. The largest absolute Gasteiger partial charge is 0.476 e. The Morgan fingerprint density at radius 3 is 2.68 bits per heavy atom. The summed E-state index contributed by atoms with van der Waals surface area (Å²) >= 11 is 4.77. The Hall–Kier alpha value is -2.65. The number of aliphatic carboxylic acids is 1. The van der Waals surface area contributed by atoms with Crippen LogP contribution in [0.3, 0.4) is 0 Å². The van der Waals surface area contributed by atoms with Gasteiger partial charge in [-0.2, -0.15) is 0 Å². The number of fused-ring (bicyclic) bond motifs is 1. The molecule has 1 aliphatic heterocycles. The number of rotatable bonds is 8. The summed E-state index contributed by atoms with van der Waals surface area (Å²) in [6, 6.07) is 11.0. The number of carboxylic acids is 1. The van der Waals surface area contributed by atoms with E-state index in [1.165, 1.54) is 24.3 Å². The highest BCUT2D eigenvalue weighted by atomic mass is 79.9. The summed E-state index contributed by atoms with van der Waals surface area (Å²) in [6.07, 6.45) is -7.44. The maximum Gasteiger partial charge on any atom is 0.377 e. The first-order chi connectivity index (χ1) is 17.5. The third-order valence-corrected chi connectivity index (χ3v) is 7.49. The second-order valence-electron chi connectivity index (χ2n) is 8.61. The van der Waals surface area contributed by atoms with Gasteiger partial charge >= 0.3 is 11.8 Å². The molecular weight excluding hydrogens is 572 g/mol. The zero-order chi connectivity index (χ0) is 26.9. The molecule has 1 fully saturated rings. The van der Waals surface area contributed by atoms with Crippen molar-refractivity contribution in [2.24, 2.45) is 0 Å². The molecule has 1 amide bonds. The number of nitrogens with zero attached hydrogens (tertiary/aromatic N) is 1. The summed E-state index contributed by atoms with van der Waals surface area (Å²) in [5.74, 6) is -4.64. The van der Waals surface area contributed by atoms with Crippen molar-refractivity contribution in [2.45, 2.75) is 49.6 Å². The predicted molar refractivity (Wildman–Crippen MR) is 136 cm³/mol. The number of amides is 1. The fourth-order valence-electron chi connectivity index (χ4n) is 4.16. The van der Waals surface area contributed by atoms with Gasteiger partial charge in [0.1, 0.15) is 29.1 Å². The van der Waals surface area contributed by atoms with Crippen molar-refractivity contribution in [1.82, 2.24) is 10.3 Å². The van der Waals surface area contributed by atoms with Crippen LogP contribution in [0.25, 0.3) is 20.8 Å². The molecule has 2 aromatic carbocycles. The number of aromatic nitrogens is 1. The highest BCUT2D eigenvalue weighted by Crippen LogP contribution is 2.41. The van der Waals surface area contributed by atoms with Gasteiger partial charge in [-0.15, -0.1) is 11.3 Å². The van der Waals surface area contributed by atoms with Crippen molar-refractivity contribution in [1.29, 1.82) is 0 Å². The van der Waals surface area contributed by atoms with Crippen LogP contribution < -0.4 is 10.1 Å². The lowest BCUT2D eigenvalue weighted by Gasteiger charge is -2.46. The molecule has 37 heavy (non-hydrogen) atoms. The number of hydrogen-bond acceptors (Lipinski definition) is 10. The van der Waals surface area contributed by atoms with Crippen LogP contribution in [0.4, 0.5) is 0 Å². The molecule has 0 radical (unpaired) electrons. The Balaban J connectivity index is 1.76. The van der Waals surface area contributed by atoms with Crippen molar-refractivity contribution in [2.75, 3.05) is 6.61 Å². The smallest absolute Gasteiger partial charge is 0.377 e. The molecule has 4 rings (SSSR count). The predicted octanol–water partition coefficient (Wildman–Crippen LogP) is 1.25. The number of carboxylic acid groups (broad SMARTS) is 1. The minimum absolute atomic E-state index is 0.0748. The van der Waals surface area contributed by atoms with E-state index in [0.717, 1.165) is 10.2 Å². The zero-order valence-electron chi connectivity index (χ0n) is 19.4. The topological polar surface area (TPSA) is 179 Å². The van der Waals surface area contributed by atoms with E-state index in [9.17, 15) is 35.1 Å². The van der Waals surface area contributed by atoms with Gasteiger partial charge in [0.05, 0.1) is 41.0 Å². The molecule has 0 saturated carbocycles. The van der Waals surface area contributed by atoms with Crippen LogP contribution in [-0.4, -0.2) is 85.2 Å². The van der Waals surface area contributed by atoms with Gasteiger partial charge in [-0.05, 0) is 30.3 Å². The molecule has 13 heteroatoms. The van der Waals surface area contributed by atoms with Crippen LogP contribution in [0.15, 0.2) is 46.9 Å². The van der Waals surface area contributed by atoms with Crippen LogP contribution in [-0.2, 0) is 14.3 Å². The van der Waals surface area contributed by atoms with Crippen LogP contribution in [0.5, 0.6) is 5.75 Å². The molecular formula is C24H25BrN2O9S. The number of hydrogen-bond donors (Lipinski definition) is 6. The molecule has 1 aliphatic rings. The first-order valence-electron chi connectivity index (χ1n) is 11.2. The van der Waals surface area contributed by atoms with Crippen molar-refractivity contribution >= 4 is 49.4 Å². The molecule has 6 N–H and O–H groups in total. The van der Waals surface area contributed by atoms with E-state index >= 15 is 0 Å². The van der Waals surface area contributed by atoms with E-state index < -0.39 is 61.1 Å². The van der Waals surface area contributed by atoms with E-state index in [0.29, 0.717) is 15.0 Å². The Kier molecular flexibility index (Phi) is 8.14. The third-order valence-electron chi connectivity index (χ3n) is 5.93. The number of para-hydroxylation sites is 1. The van der Waals surface area contributed by atoms with E-state index in [-0.39, 0.29) is 5.75 Å². The minimum Gasteiger partial charge on any atom is -0.476 e. The summed E-state index contributed by atoms with van der Waals surface area (Å²) in [7, 11) is 0. The second-order valence-corrected chi connectivity index (χ2v) is 10.6. The fraction of sp³-hybridized carbons (Fsp3) is 0.375. The van der Waals surface area contributed by atoms with Gasteiger partial charge < -0.3 is 40.3 Å². The van der Waals surface area contributed by atoms with Crippen LogP contribution in [0, 0.1) is 0 Å². The molecule has 2 heterocycles. The average molecular weight is 597 g/mol. The number of aliphatic hydroxyl groups excluding tert-OH is 4. The van der Waals surface area contributed by atoms with Crippen molar-refractivity contribution in [3.8, 4) is 16.3 Å². The van der Waals surface area contributed by atoms with Crippen LogP contribution in [0.1, 0.15) is 13.3 Å². The molecule has 1 aromatic heterocycles. The number of halogens is 1. The maximum absolute atomic E-state index is 12.6. The lowest BCUT2D eigenvalue weighted by atomic mass is 9.88. The highest BCUT2D eigenvalue weighted by Gasteiger charge is 2.57. The van der Waals surface area contributed by atoms with Gasteiger partial charge in [0, 0.05) is 11.4 Å². The van der Waals surface area contributed by atoms with Crippen molar-refractivity contribution in [3.63, 3.8) is 0 Å². The number of thiazole rings is 1. The molecule has 0 bridgehead atoms. The number of benzene rings is 2. The van der Waals surface area contributed by atoms with E-state index in [4.69, 9.17) is 9.47 Å². The van der Waals surface area contributed by atoms with E-state index in [1.54, 1.807) is 12.1 Å². The van der Waals surface area contributed by atoms with Gasteiger partial charge in [-0.25, -0.2) is 9.78 Å². The van der Waals surface area contributed by atoms with Crippen LogP contribution >= 0.6 is 27.3 Å². The molecule has 6 atom stereocenters. The number of ether oxygens (including phenoxy) is 2. The molecule has 0 unspecified atom stereocenters. The normalized spacial score (nSPS) is 25.4. The third kappa shape index (κ3) is 5.62. The minimum atomic E-state index is -2.52. The Labute approximate surface area is 223 Å². The standard InChI is InChI=1S/C24H25BrN2O9S/c1-11(29)26-19-15(30)9-24(23(33)34,36-21(19)20(32)16(31)10-28)35-17-7-6-12(25)8-13(17)22-27-14-4-2-3-5-18(14)37-22/h2-8,15-16,19-21,28,30-32H,9-10H2,1H3,(H,26,29)(H,33,34)/t15-,16+,19+,20+,21+,24+/m0/s1. The van der Waals surface area contributed by atoms with Gasteiger partial charge in [-0.3, -0.25) is 4.79 Å². The SMILES string of the molecule is CC(=O)N[C@H]1[C@H]([C@H](O)[C@H](O)CO)O[C@@](Oc2ccc(Br)cc2-c2nc3ccccc3s2)(C(=O)O)C[C@@H]1O. The van der Waals surface area contributed by atoms with Crippen LogP contribution in [0.2, 0.25) is 0 Å². The first-order valence-corrected chi connectivity index (χ1v) is 12.8. The van der Waals surface area contributed by atoms with Crippen molar-refractivity contribution < 1.29 is 44.6 Å². The number of aliphatic hydroxyl groups is 4. The number of carbonyl (C=O) groups is 2. The molecule has 11 nitrogen and oxygen atoms in total. The van der Waals surface area contributed by atoms with Gasteiger partial charge in [0.2, 0.25) is 5.91 Å². The second kappa shape index (κ2) is 11.0. The monoisotopic (exact) mass is 596 g/mol. The maximum atomic E-state index is 12.6. The number of carbonyl (C=O) groups excluding carboxylic acids is 1. The molecule has 198 valence electrons. The van der Waals surface area contributed by atoms with E-state index in [1.807, 2.05) is 24.3 Å². The Morgan fingerprint density at radius 1 is 1.30 bits per heavy atom. The fourth-order valence-corrected chi connectivity index (χ4v) is 5.50. The molecule has 3 aromatic rings. The van der Waals surface area contributed by atoms with Gasteiger partial charge in [0.25, 0.3) is 0 Å². The summed E-state index contributed by atoms with van der Waals surface area (Å²) < 4.78 is 13.3. The van der Waals surface area contributed by atoms with Crippen molar-refractivity contribution in [3.05, 3.63) is 46.9 Å². The summed E-state index contributed by atoms with van der Waals surface area (Å²) in [4.78, 5) is 28.9.